The van der Waals surface area contributed by atoms with Crippen molar-refractivity contribution in [1.82, 2.24) is 15.1 Å². The van der Waals surface area contributed by atoms with Crippen LogP contribution in [0.15, 0.2) is 30.3 Å². The van der Waals surface area contributed by atoms with Gasteiger partial charge in [0.1, 0.15) is 11.4 Å². The van der Waals surface area contributed by atoms with E-state index >= 15 is 0 Å². The summed E-state index contributed by atoms with van der Waals surface area (Å²) >= 11 is 0. The average molecular weight is 454 g/mol. The minimum atomic E-state index is -3.18. The normalized spacial score (nSPS) is 24.6. The number of hydrogen-bond donors (Lipinski definition) is 1. The fourth-order valence-corrected chi connectivity index (χ4v) is 7.25. The average Bonchev–Trinajstić information content (AvgIpc) is 3.38. The van der Waals surface area contributed by atoms with Gasteiger partial charge in [0.05, 0.1) is 41.9 Å². The number of amides is 1. The molecule has 1 aromatic heterocycles. The van der Waals surface area contributed by atoms with Crippen LogP contribution in [-0.4, -0.2) is 68.7 Å². The Balaban J connectivity index is 1.66. The monoisotopic (exact) mass is 453 g/mol. The molecule has 9 nitrogen and oxygen atoms in total. The number of rotatable bonds is 5. The molecule has 2 fully saturated rings. The highest BCUT2D eigenvalue weighted by atomic mass is 32.2. The zero-order chi connectivity index (χ0) is 21.5. The quantitative estimate of drug-likeness (QED) is 0.711. The van der Waals surface area contributed by atoms with Crippen molar-refractivity contribution in [2.45, 2.75) is 24.9 Å². The van der Waals surface area contributed by atoms with Gasteiger partial charge in [0.25, 0.3) is 5.91 Å². The van der Waals surface area contributed by atoms with Crippen molar-refractivity contribution in [3.05, 3.63) is 36.0 Å². The van der Waals surface area contributed by atoms with E-state index in [2.05, 4.69) is 10.4 Å². The Morgan fingerprint density at radius 2 is 1.73 bits per heavy atom. The molecule has 1 aromatic carbocycles. The molecule has 0 saturated carbocycles. The first-order valence-corrected chi connectivity index (χ1v) is 13.3. The highest BCUT2D eigenvalue weighted by Gasteiger charge is 2.34. The molecular weight excluding hydrogens is 430 g/mol. The van der Waals surface area contributed by atoms with Crippen LogP contribution in [0, 0.1) is 0 Å². The van der Waals surface area contributed by atoms with E-state index < -0.39 is 37.7 Å². The van der Waals surface area contributed by atoms with Gasteiger partial charge in [0.15, 0.2) is 19.7 Å². The van der Waals surface area contributed by atoms with Gasteiger partial charge in [-0.2, -0.15) is 5.10 Å². The lowest BCUT2D eigenvalue weighted by atomic mass is 10.1. The topological polar surface area (TPSA) is 124 Å². The van der Waals surface area contributed by atoms with Crippen LogP contribution in [0.3, 0.4) is 0 Å². The van der Waals surface area contributed by atoms with Crippen molar-refractivity contribution in [2.24, 2.45) is 0 Å². The van der Waals surface area contributed by atoms with Gasteiger partial charge in [-0.05, 0) is 43.2 Å². The Morgan fingerprint density at radius 1 is 1.07 bits per heavy atom. The summed E-state index contributed by atoms with van der Waals surface area (Å²) in [6.45, 7) is 0. The maximum atomic E-state index is 13.0. The lowest BCUT2D eigenvalue weighted by molar-refractivity contribution is 0.0928. The van der Waals surface area contributed by atoms with Crippen molar-refractivity contribution < 1.29 is 26.4 Å². The van der Waals surface area contributed by atoms with Gasteiger partial charge >= 0.3 is 0 Å². The predicted octanol–water partition coefficient (Wildman–Crippen LogP) is 0.835. The van der Waals surface area contributed by atoms with Gasteiger partial charge in [-0.15, -0.1) is 0 Å². The number of ether oxygens (including phenoxy) is 1. The standard InChI is InChI=1S/C19H23N3O6S2/c1-28-16-4-2-13(3-5-16)17-10-18(19(23)20-14-6-8-29(24,25)11-14)22(21-17)15-7-9-30(26,27)12-15/h2-5,10,14-15H,6-9,11-12H2,1H3,(H,20,23)/t14-,15+/m0/s1. The third kappa shape index (κ3) is 4.36. The molecule has 0 aliphatic carbocycles. The number of aromatic nitrogens is 2. The predicted molar refractivity (Wildman–Crippen MR) is 111 cm³/mol. The lowest BCUT2D eigenvalue weighted by Gasteiger charge is -2.15. The molecule has 0 spiro atoms. The smallest absolute Gasteiger partial charge is 0.269 e. The summed E-state index contributed by atoms with van der Waals surface area (Å²) in [4.78, 5) is 13.0. The SMILES string of the molecule is COc1ccc(-c2cc(C(=O)N[C@H]3CCS(=O)(=O)C3)n([C@@H]3CCS(=O)(=O)C3)n2)cc1. The van der Waals surface area contributed by atoms with E-state index in [1.807, 2.05) is 12.1 Å². The number of carbonyl (C=O) groups is 1. The molecule has 11 heteroatoms. The molecule has 162 valence electrons. The van der Waals surface area contributed by atoms with E-state index in [0.717, 1.165) is 5.56 Å². The molecule has 2 aliphatic rings. The summed E-state index contributed by atoms with van der Waals surface area (Å²) in [7, 11) is -4.75. The van der Waals surface area contributed by atoms with Crippen molar-refractivity contribution in [1.29, 1.82) is 0 Å². The minimum Gasteiger partial charge on any atom is -0.497 e. The van der Waals surface area contributed by atoms with Crippen molar-refractivity contribution in [3.63, 3.8) is 0 Å². The third-order valence-electron chi connectivity index (χ3n) is 5.48. The molecule has 0 radical (unpaired) electrons. The first-order chi connectivity index (χ1) is 14.2. The number of nitrogens with one attached hydrogen (secondary N) is 1. The fourth-order valence-electron chi connectivity index (χ4n) is 3.88. The van der Waals surface area contributed by atoms with Crippen molar-refractivity contribution in [2.75, 3.05) is 30.1 Å². The van der Waals surface area contributed by atoms with Crippen LogP contribution < -0.4 is 10.1 Å². The molecule has 4 rings (SSSR count). The molecule has 2 aromatic rings. The molecular formula is C19H23N3O6S2. The fraction of sp³-hybridized carbons (Fsp3) is 0.474. The Kier molecular flexibility index (Phi) is 5.35. The van der Waals surface area contributed by atoms with Gasteiger partial charge in [-0.25, -0.2) is 16.8 Å². The molecule has 2 aliphatic heterocycles. The second-order valence-electron chi connectivity index (χ2n) is 7.72. The highest BCUT2D eigenvalue weighted by molar-refractivity contribution is 7.91. The Morgan fingerprint density at radius 3 is 2.30 bits per heavy atom. The maximum absolute atomic E-state index is 13.0. The number of carbonyl (C=O) groups excluding carboxylic acids is 1. The molecule has 0 bridgehead atoms. The molecule has 1 amide bonds. The van der Waals surface area contributed by atoms with Crippen LogP contribution in [0.5, 0.6) is 5.75 Å². The zero-order valence-electron chi connectivity index (χ0n) is 16.4. The summed E-state index contributed by atoms with van der Waals surface area (Å²) in [5.74, 6) is 0.172. The zero-order valence-corrected chi connectivity index (χ0v) is 18.1. The van der Waals surface area contributed by atoms with Gasteiger partial charge in [0, 0.05) is 11.6 Å². The molecule has 0 unspecified atom stereocenters. The van der Waals surface area contributed by atoms with Crippen LogP contribution >= 0.6 is 0 Å². The largest absolute Gasteiger partial charge is 0.497 e. The summed E-state index contributed by atoms with van der Waals surface area (Å²) < 4.78 is 54.0. The summed E-state index contributed by atoms with van der Waals surface area (Å²) in [5.41, 5.74) is 1.52. The second-order valence-corrected chi connectivity index (χ2v) is 12.2. The van der Waals surface area contributed by atoms with Crippen LogP contribution in [0.2, 0.25) is 0 Å². The molecule has 2 saturated heterocycles. The van der Waals surface area contributed by atoms with E-state index in [4.69, 9.17) is 4.74 Å². The van der Waals surface area contributed by atoms with Crippen LogP contribution in [0.1, 0.15) is 29.4 Å². The molecule has 1 N–H and O–H groups in total. The maximum Gasteiger partial charge on any atom is 0.269 e. The van der Waals surface area contributed by atoms with Gasteiger partial charge in [-0.1, -0.05) is 0 Å². The number of sulfone groups is 2. The number of hydrogen-bond acceptors (Lipinski definition) is 7. The van der Waals surface area contributed by atoms with Crippen LogP contribution in [0.4, 0.5) is 0 Å². The Hall–Kier alpha value is -2.40. The second kappa shape index (κ2) is 7.69. The van der Waals surface area contributed by atoms with Crippen molar-refractivity contribution in [3.8, 4) is 17.0 Å². The summed E-state index contributed by atoms with van der Waals surface area (Å²) in [6, 6.07) is 7.89. The van der Waals surface area contributed by atoms with Crippen LogP contribution in [0.25, 0.3) is 11.3 Å². The van der Waals surface area contributed by atoms with E-state index in [1.54, 1.807) is 25.3 Å². The molecule has 3 heterocycles. The van der Waals surface area contributed by atoms with E-state index in [9.17, 15) is 21.6 Å². The highest BCUT2D eigenvalue weighted by Crippen LogP contribution is 2.29. The first-order valence-electron chi connectivity index (χ1n) is 9.61. The Labute approximate surface area is 175 Å². The number of benzene rings is 1. The van der Waals surface area contributed by atoms with E-state index in [-0.39, 0.29) is 28.7 Å². The van der Waals surface area contributed by atoms with E-state index in [1.165, 1.54) is 4.68 Å². The minimum absolute atomic E-state index is 0.0508. The van der Waals surface area contributed by atoms with Gasteiger partial charge in [-0.3, -0.25) is 9.48 Å². The molecule has 30 heavy (non-hydrogen) atoms. The van der Waals surface area contributed by atoms with Gasteiger partial charge < -0.3 is 10.1 Å². The third-order valence-corrected chi connectivity index (χ3v) is 8.99. The van der Waals surface area contributed by atoms with Gasteiger partial charge in [0.2, 0.25) is 0 Å². The first kappa shape index (κ1) is 20.9. The van der Waals surface area contributed by atoms with Crippen molar-refractivity contribution >= 4 is 25.6 Å². The summed E-state index contributed by atoms with van der Waals surface area (Å²) in [6.07, 6.45) is 0.746. The lowest BCUT2D eigenvalue weighted by Crippen LogP contribution is -2.37. The summed E-state index contributed by atoms with van der Waals surface area (Å²) in [5, 5.41) is 7.31. The van der Waals surface area contributed by atoms with E-state index in [0.29, 0.717) is 24.3 Å². The molecule has 2 atom stereocenters. The number of methoxy groups -OCH3 is 1. The Bertz CT molecular complexity index is 1170. The van der Waals surface area contributed by atoms with Crippen LogP contribution in [-0.2, 0) is 19.7 Å². The number of nitrogens with zero attached hydrogens (tertiary/aromatic N) is 2.